The van der Waals surface area contributed by atoms with Gasteiger partial charge < -0.3 is 9.13 Å². The predicted octanol–water partition coefficient (Wildman–Crippen LogP) is 6.56. The maximum Gasteiger partial charge on any atom is 0.236 e. The molecule has 0 aliphatic carbocycles. The Morgan fingerprint density at radius 1 is 0.556 bits per heavy atom. The molecule has 0 N–H and O–H groups in total. The van der Waals surface area contributed by atoms with Crippen LogP contribution >= 0.6 is 0 Å². The summed E-state index contributed by atoms with van der Waals surface area (Å²) in [4.78, 5) is 14.1. The lowest BCUT2D eigenvalue weighted by Gasteiger charge is -2.09. The Balaban J connectivity index is 1.55. The van der Waals surface area contributed by atoms with Gasteiger partial charge in [0.15, 0.2) is 5.65 Å². The molecule has 0 spiro atoms. The average Bonchev–Trinajstić information content (AvgIpc) is 3.57. The Kier molecular flexibility index (Phi) is 3.77. The van der Waals surface area contributed by atoms with Gasteiger partial charge in [0.2, 0.25) is 5.95 Å². The summed E-state index contributed by atoms with van der Waals surface area (Å²) in [6, 6.07) is 32.2. The number of hydrogen-bond donors (Lipinski definition) is 0. The lowest BCUT2D eigenvalue weighted by Crippen LogP contribution is -2.01. The van der Waals surface area contributed by atoms with Gasteiger partial charge in [-0.25, -0.2) is 9.97 Å². The van der Waals surface area contributed by atoms with Crippen LogP contribution in [-0.4, -0.2) is 28.7 Å². The molecule has 6 heteroatoms. The Hall–Kier alpha value is -4.97. The number of aromatic nitrogens is 6. The first kappa shape index (κ1) is 19.3. The lowest BCUT2D eigenvalue weighted by atomic mass is 10.1. The molecule has 0 radical (unpaired) electrons. The van der Waals surface area contributed by atoms with Gasteiger partial charge in [0, 0.05) is 34.3 Å². The van der Waals surface area contributed by atoms with Crippen LogP contribution in [0.2, 0.25) is 0 Å². The van der Waals surface area contributed by atoms with Gasteiger partial charge in [0.05, 0.1) is 34.6 Å². The van der Waals surface area contributed by atoms with E-state index in [-0.39, 0.29) is 0 Å². The van der Waals surface area contributed by atoms with Crippen molar-refractivity contribution >= 4 is 54.8 Å². The molecule has 36 heavy (non-hydrogen) atoms. The SMILES string of the molecule is Cn1cnc2nc(-n3c4ccccc4c4cc5c6ccccc6n(-c6ccccc6)c5cc43)ncc21. The monoisotopic (exact) mass is 464 g/mol. The standard InChI is InChI=1S/C30H20N6/c1-34-18-32-29-28(34)17-31-30(33-29)36-25-14-8-6-12-21(25)23-15-22-20-11-5-7-13-24(20)35(26(22)16-27(23)36)19-9-3-2-4-10-19/h2-18H,1H3. The van der Waals surface area contributed by atoms with Gasteiger partial charge in [0.25, 0.3) is 0 Å². The molecule has 170 valence electrons. The zero-order valence-electron chi connectivity index (χ0n) is 19.5. The third-order valence-corrected chi connectivity index (χ3v) is 7.15. The normalized spacial score (nSPS) is 12.0. The summed E-state index contributed by atoms with van der Waals surface area (Å²) in [7, 11) is 1.96. The molecule has 0 atom stereocenters. The fourth-order valence-corrected chi connectivity index (χ4v) is 5.51. The Morgan fingerprint density at radius 2 is 1.19 bits per heavy atom. The quantitative estimate of drug-likeness (QED) is 0.291. The zero-order valence-corrected chi connectivity index (χ0v) is 19.5. The van der Waals surface area contributed by atoms with Crippen LogP contribution in [0.5, 0.6) is 0 Å². The minimum atomic E-state index is 0.620. The number of nitrogens with zero attached hydrogens (tertiary/aromatic N) is 6. The van der Waals surface area contributed by atoms with Crippen molar-refractivity contribution in [1.82, 2.24) is 28.7 Å². The van der Waals surface area contributed by atoms with Crippen LogP contribution in [-0.2, 0) is 7.05 Å². The van der Waals surface area contributed by atoms with E-state index in [0.717, 1.165) is 27.8 Å². The van der Waals surface area contributed by atoms with E-state index >= 15 is 0 Å². The van der Waals surface area contributed by atoms with E-state index < -0.39 is 0 Å². The molecule has 0 saturated carbocycles. The summed E-state index contributed by atoms with van der Waals surface area (Å²) < 4.78 is 6.44. The van der Waals surface area contributed by atoms with Gasteiger partial charge in [0.1, 0.15) is 5.52 Å². The van der Waals surface area contributed by atoms with Crippen molar-refractivity contribution in [3.8, 4) is 11.6 Å². The number of rotatable bonds is 2. The van der Waals surface area contributed by atoms with Crippen molar-refractivity contribution in [3.63, 3.8) is 0 Å². The molecule has 0 unspecified atom stereocenters. The largest absolute Gasteiger partial charge is 0.331 e. The molecule has 0 aliphatic rings. The van der Waals surface area contributed by atoms with Gasteiger partial charge in [-0.05, 0) is 36.4 Å². The topological polar surface area (TPSA) is 53.5 Å². The first-order chi connectivity index (χ1) is 17.8. The van der Waals surface area contributed by atoms with Crippen LogP contribution in [0.4, 0.5) is 0 Å². The van der Waals surface area contributed by atoms with Gasteiger partial charge in [-0.1, -0.05) is 54.6 Å². The molecule has 8 aromatic rings. The molecule has 0 aliphatic heterocycles. The van der Waals surface area contributed by atoms with E-state index in [1.807, 2.05) is 17.8 Å². The maximum absolute atomic E-state index is 4.86. The number of benzene rings is 4. The van der Waals surface area contributed by atoms with E-state index in [0.29, 0.717) is 11.6 Å². The molecule has 0 amide bonds. The summed E-state index contributed by atoms with van der Waals surface area (Å²) >= 11 is 0. The second-order valence-electron chi connectivity index (χ2n) is 9.16. The second-order valence-corrected chi connectivity index (χ2v) is 9.16. The van der Waals surface area contributed by atoms with Crippen LogP contribution < -0.4 is 0 Å². The highest BCUT2D eigenvalue weighted by molar-refractivity contribution is 6.19. The molecule has 0 bridgehead atoms. The van der Waals surface area contributed by atoms with Gasteiger partial charge in [-0.2, -0.15) is 4.98 Å². The number of para-hydroxylation sites is 3. The van der Waals surface area contributed by atoms with Gasteiger partial charge >= 0.3 is 0 Å². The maximum atomic E-state index is 4.86. The predicted molar refractivity (Wildman–Crippen MR) is 145 cm³/mol. The Labute approximate surface area is 205 Å². The summed E-state index contributed by atoms with van der Waals surface area (Å²) in [5.74, 6) is 0.620. The van der Waals surface area contributed by atoms with Crippen LogP contribution in [0, 0.1) is 0 Å². The van der Waals surface area contributed by atoms with Crippen molar-refractivity contribution < 1.29 is 0 Å². The van der Waals surface area contributed by atoms with E-state index in [1.54, 1.807) is 6.33 Å². The van der Waals surface area contributed by atoms with Gasteiger partial charge in [-0.15, -0.1) is 0 Å². The third-order valence-electron chi connectivity index (χ3n) is 7.15. The summed E-state index contributed by atoms with van der Waals surface area (Å²) in [5, 5.41) is 4.82. The lowest BCUT2D eigenvalue weighted by molar-refractivity contribution is 0.940. The number of hydrogen-bond acceptors (Lipinski definition) is 3. The summed E-state index contributed by atoms with van der Waals surface area (Å²) in [6.07, 6.45) is 3.63. The fourth-order valence-electron chi connectivity index (χ4n) is 5.51. The number of imidazole rings is 1. The highest BCUT2D eigenvalue weighted by Gasteiger charge is 2.19. The second kappa shape index (κ2) is 7.02. The van der Waals surface area contributed by atoms with Gasteiger partial charge in [-0.3, -0.25) is 4.57 Å². The van der Waals surface area contributed by atoms with Crippen molar-refractivity contribution in [3.05, 3.63) is 104 Å². The number of aryl methyl sites for hydroxylation is 1. The number of fused-ring (bicyclic) bond motifs is 7. The zero-order chi connectivity index (χ0) is 23.8. The average molecular weight is 465 g/mol. The molecule has 8 rings (SSSR count). The molecular weight excluding hydrogens is 444 g/mol. The Morgan fingerprint density at radius 3 is 1.94 bits per heavy atom. The summed E-state index contributed by atoms with van der Waals surface area (Å²) in [5.41, 5.74) is 7.21. The van der Waals surface area contributed by atoms with E-state index in [2.05, 4.69) is 105 Å². The molecule has 6 nitrogen and oxygen atoms in total. The smallest absolute Gasteiger partial charge is 0.236 e. The van der Waals surface area contributed by atoms with Crippen LogP contribution in [0.25, 0.3) is 66.4 Å². The molecule has 4 aromatic heterocycles. The minimum absolute atomic E-state index is 0.620. The van der Waals surface area contributed by atoms with E-state index in [4.69, 9.17) is 9.97 Å². The van der Waals surface area contributed by atoms with E-state index in [1.165, 1.54) is 27.1 Å². The fraction of sp³-hybridized carbons (Fsp3) is 0.0333. The molecule has 4 aromatic carbocycles. The molecular formula is C30H20N6. The molecule has 4 heterocycles. The van der Waals surface area contributed by atoms with Crippen molar-refractivity contribution in [1.29, 1.82) is 0 Å². The first-order valence-electron chi connectivity index (χ1n) is 11.9. The van der Waals surface area contributed by atoms with Crippen LogP contribution in [0.15, 0.2) is 104 Å². The van der Waals surface area contributed by atoms with Crippen molar-refractivity contribution in [2.75, 3.05) is 0 Å². The molecule has 0 fully saturated rings. The minimum Gasteiger partial charge on any atom is -0.331 e. The van der Waals surface area contributed by atoms with Crippen molar-refractivity contribution in [2.45, 2.75) is 0 Å². The van der Waals surface area contributed by atoms with Crippen molar-refractivity contribution in [2.24, 2.45) is 7.05 Å². The van der Waals surface area contributed by atoms with Crippen LogP contribution in [0.1, 0.15) is 0 Å². The summed E-state index contributed by atoms with van der Waals surface area (Å²) in [6.45, 7) is 0. The molecule has 0 saturated heterocycles. The third kappa shape index (κ3) is 2.53. The highest BCUT2D eigenvalue weighted by Crippen LogP contribution is 2.39. The van der Waals surface area contributed by atoms with Crippen LogP contribution in [0.3, 0.4) is 0 Å². The highest BCUT2D eigenvalue weighted by atomic mass is 15.2. The Bertz CT molecular complexity index is 2110. The van der Waals surface area contributed by atoms with E-state index in [9.17, 15) is 0 Å². The first-order valence-corrected chi connectivity index (χ1v) is 11.9.